The summed E-state index contributed by atoms with van der Waals surface area (Å²) in [6.45, 7) is 0. The molecule has 1 aromatic heterocycles. The molecular formula is C10H4F3NS. The first kappa shape index (κ1) is 9.99. The zero-order valence-corrected chi connectivity index (χ0v) is 8.12. The fourth-order valence-electron chi connectivity index (χ4n) is 1.29. The van der Waals surface area contributed by atoms with Crippen LogP contribution in [0.3, 0.4) is 0 Å². The zero-order chi connectivity index (χ0) is 11.1. The summed E-state index contributed by atoms with van der Waals surface area (Å²) in [5.74, 6) is 0. The molecule has 15 heavy (non-hydrogen) atoms. The number of benzene rings is 1. The van der Waals surface area contributed by atoms with E-state index in [9.17, 15) is 13.2 Å². The molecule has 0 amide bonds. The fourth-order valence-corrected chi connectivity index (χ4v) is 2.22. The highest BCUT2D eigenvalue weighted by molar-refractivity contribution is 7.17. The third-order valence-corrected chi connectivity index (χ3v) is 2.97. The molecule has 0 atom stereocenters. The van der Waals surface area contributed by atoms with Crippen molar-refractivity contribution in [2.24, 2.45) is 0 Å². The number of thiophene rings is 1. The second-order valence-electron chi connectivity index (χ2n) is 2.97. The molecule has 0 bridgehead atoms. The van der Waals surface area contributed by atoms with Crippen LogP contribution in [0.1, 0.15) is 11.1 Å². The zero-order valence-electron chi connectivity index (χ0n) is 7.30. The molecule has 0 unspecified atom stereocenters. The summed E-state index contributed by atoms with van der Waals surface area (Å²) in [5.41, 5.74) is -0.259. The van der Waals surface area contributed by atoms with Gasteiger partial charge in [0, 0.05) is 15.5 Å². The molecule has 76 valence electrons. The average molecular weight is 227 g/mol. The van der Waals surface area contributed by atoms with E-state index in [1.165, 1.54) is 6.07 Å². The Hall–Kier alpha value is -1.54. The molecule has 0 N–H and O–H groups in total. The van der Waals surface area contributed by atoms with Gasteiger partial charge in [0.15, 0.2) is 0 Å². The van der Waals surface area contributed by atoms with Gasteiger partial charge in [-0.25, -0.2) is 0 Å². The number of alkyl halides is 3. The Balaban J connectivity index is 2.65. The van der Waals surface area contributed by atoms with E-state index in [2.05, 4.69) is 0 Å². The maximum absolute atomic E-state index is 12.3. The van der Waals surface area contributed by atoms with Crippen molar-refractivity contribution in [1.82, 2.24) is 0 Å². The molecule has 0 spiro atoms. The van der Waals surface area contributed by atoms with Gasteiger partial charge in [-0.1, -0.05) is 6.07 Å². The second kappa shape index (κ2) is 3.24. The molecule has 0 fully saturated rings. The van der Waals surface area contributed by atoms with E-state index < -0.39 is 11.7 Å². The van der Waals surface area contributed by atoms with Gasteiger partial charge in [0.25, 0.3) is 0 Å². The second-order valence-corrected chi connectivity index (χ2v) is 3.88. The van der Waals surface area contributed by atoms with Gasteiger partial charge >= 0.3 is 6.18 Å². The fraction of sp³-hybridized carbons (Fsp3) is 0.100. The van der Waals surface area contributed by atoms with Gasteiger partial charge in [-0.05, 0) is 12.1 Å². The average Bonchev–Trinajstić information content (AvgIpc) is 2.58. The first-order valence-corrected chi connectivity index (χ1v) is 4.89. The highest BCUT2D eigenvalue weighted by Crippen LogP contribution is 2.34. The minimum absolute atomic E-state index is 0.420. The maximum Gasteiger partial charge on any atom is 0.416 e. The van der Waals surface area contributed by atoms with Crippen LogP contribution in [0, 0.1) is 11.3 Å². The summed E-state index contributed by atoms with van der Waals surface area (Å²) >= 11 is 1.15. The van der Waals surface area contributed by atoms with Gasteiger partial charge < -0.3 is 0 Å². The van der Waals surface area contributed by atoms with Gasteiger partial charge in [0.1, 0.15) is 6.07 Å². The maximum atomic E-state index is 12.3. The predicted molar refractivity (Wildman–Crippen MR) is 51.5 cm³/mol. The topological polar surface area (TPSA) is 23.8 Å². The van der Waals surface area contributed by atoms with Crippen LogP contribution in [0.5, 0.6) is 0 Å². The molecule has 0 saturated heterocycles. The predicted octanol–water partition coefficient (Wildman–Crippen LogP) is 3.79. The number of halogens is 3. The van der Waals surface area contributed by atoms with Crippen molar-refractivity contribution in [3.63, 3.8) is 0 Å². The number of hydrogen-bond donors (Lipinski definition) is 0. The van der Waals surface area contributed by atoms with Crippen LogP contribution in [0.15, 0.2) is 23.6 Å². The first-order chi connectivity index (χ1) is 7.02. The van der Waals surface area contributed by atoms with Crippen molar-refractivity contribution in [3.05, 3.63) is 34.7 Å². The van der Waals surface area contributed by atoms with E-state index in [4.69, 9.17) is 5.26 Å². The highest BCUT2D eigenvalue weighted by atomic mass is 32.1. The lowest BCUT2D eigenvalue weighted by Crippen LogP contribution is -2.03. The van der Waals surface area contributed by atoms with E-state index in [1.54, 1.807) is 5.38 Å². The smallest absolute Gasteiger partial charge is 0.192 e. The molecule has 5 heteroatoms. The van der Waals surface area contributed by atoms with Gasteiger partial charge in [-0.3, -0.25) is 0 Å². The molecule has 1 heterocycles. The van der Waals surface area contributed by atoms with Gasteiger partial charge in [-0.15, -0.1) is 11.3 Å². The van der Waals surface area contributed by atoms with E-state index in [0.29, 0.717) is 15.6 Å². The third kappa shape index (κ3) is 1.68. The van der Waals surface area contributed by atoms with Crippen molar-refractivity contribution in [1.29, 1.82) is 5.26 Å². The molecule has 0 aliphatic rings. The van der Waals surface area contributed by atoms with Crippen molar-refractivity contribution < 1.29 is 13.2 Å². The largest absolute Gasteiger partial charge is 0.416 e. The molecule has 0 saturated carbocycles. The van der Waals surface area contributed by atoms with Crippen LogP contribution in [0.25, 0.3) is 10.1 Å². The van der Waals surface area contributed by atoms with Crippen molar-refractivity contribution in [2.75, 3.05) is 0 Å². The lowest BCUT2D eigenvalue weighted by Gasteiger charge is -2.05. The highest BCUT2D eigenvalue weighted by Gasteiger charge is 2.30. The lowest BCUT2D eigenvalue weighted by atomic mass is 10.1. The molecule has 0 radical (unpaired) electrons. The van der Waals surface area contributed by atoms with E-state index >= 15 is 0 Å². The molecule has 0 aliphatic heterocycles. The van der Waals surface area contributed by atoms with Crippen LogP contribution in [-0.4, -0.2) is 0 Å². The van der Waals surface area contributed by atoms with Crippen LogP contribution in [0.4, 0.5) is 13.2 Å². The van der Waals surface area contributed by atoms with Gasteiger partial charge in [0.2, 0.25) is 0 Å². The van der Waals surface area contributed by atoms with Gasteiger partial charge in [-0.2, -0.15) is 18.4 Å². The standard InChI is InChI=1S/C10H4F3NS/c11-10(12,13)7-1-2-8-6(4-14)5-15-9(8)3-7/h1-3,5H. The Labute approximate surface area is 87.4 Å². The minimum Gasteiger partial charge on any atom is -0.192 e. The Morgan fingerprint density at radius 3 is 2.60 bits per heavy atom. The normalized spacial score (nSPS) is 11.6. The number of nitrogens with zero attached hydrogens (tertiary/aromatic N) is 1. The van der Waals surface area contributed by atoms with Crippen molar-refractivity contribution >= 4 is 21.4 Å². The first-order valence-electron chi connectivity index (χ1n) is 4.01. The number of nitriles is 1. The minimum atomic E-state index is -4.33. The molecule has 1 aromatic carbocycles. The number of rotatable bonds is 0. The Bertz CT molecular complexity index is 548. The molecule has 2 aromatic rings. The summed E-state index contributed by atoms with van der Waals surface area (Å²) in [4.78, 5) is 0. The summed E-state index contributed by atoms with van der Waals surface area (Å²) in [5, 5.41) is 10.8. The molecule has 1 nitrogen and oxygen atoms in total. The SMILES string of the molecule is N#Cc1csc2cc(C(F)(F)F)ccc12. The van der Waals surface area contributed by atoms with E-state index in [0.717, 1.165) is 23.5 Å². The lowest BCUT2D eigenvalue weighted by molar-refractivity contribution is -0.137. The Morgan fingerprint density at radius 1 is 1.27 bits per heavy atom. The van der Waals surface area contributed by atoms with Crippen LogP contribution in [0.2, 0.25) is 0 Å². The van der Waals surface area contributed by atoms with Crippen LogP contribution in [-0.2, 0) is 6.18 Å². The van der Waals surface area contributed by atoms with E-state index in [1.807, 2.05) is 6.07 Å². The molecule has 2 rings (SSSR count). The molecular weight excluding hydrogens is 223 g/mol. The van der Waals surface area contributed by atoms with Crippen molar-refractivity contribution in [2.45, 2.75) is 6.18 Å². The summed E-state index contributed by atoms with van der Waals surface area (Å²) in [6.07, 6.45) is -4.33. The Morgan fingerprint density at radius 2 is 2.00 bits per heavy atom. The van der Waals surface area contributed by atoms with Crippen molar-refractivity contribution in [3.8, 4) is 6.07 Å². The quantitative estimate of drug-likeness (QED) is 0.671. The third-order valence-electron chi connectivity index (χ3n) is 2.02. The summed E-state index contributed by atoms with van der Waals surface area (Å²) < 4.78 is 37.5. The van der Waals surface area contributed by atoms with E-state index in [-0.39, 0.29) is 0 Å². The molecule has 0 aliphatic carbocycles. The number of fused-ring (bicyclic) bond motifs is 1. The van der Waals surface area contributed by atoms with Gasteiger partial charge in [0.05, 0.1) is 11.1 Å². The van der Waals surface area contributed by atoms with Crippen LogP contribution < -0.4 is 0 Å². The number of hydrogen-bond acceptors (Lipinski definition) is 2. The monoisotopic (exact) mass is 227 g/mol. The Kier molecular flexibility index (Phi) is 2.16. The van der Waals surface area contributed by atoms with Crippen LogP contribution >= 0.6 is 11.3 Å². The summed E-state index contributed by atoms with van der Waals surface area (Å²) in [7, 11) is 0. The summed E-state index contributed by atoms with van der Waals surface area (Å²) in [6, 6.07) is 5.34.